The van der Waals surface area contributed by atoms with Gasteiger partial charge in [-0.15, -0.1) is 0 Å². The van der Waals surface area contributed by atoms with E-state index >= 15 is 0 Å². The number of nitrogens with zero attached hydrogens (tertiary/aromatic N) is 1. The van der Waals surface area contributed by atoms with E-state index in [-0.39, 0.29) is 4.75 Å². The Morgan fingerprint density at radius 3 is 2.46 bits per heavy atom. The Morgan fingerprint density at radius 2 is 1.88 bits per heavy atom. The van der Waals surface area contributed by atoms with Gasteiger partial charge in [0.25, 0.3) is 0 Å². The third kappa shape index (κ3) is 5.55. The van der Waals surface area contributed by atoms with Crippen LogP contribution in [0.4, 0.5) is 0 Å². The number of nitrogens with one attached hydrogen (secondary N) is 2. The first-order chi connectivity index (χ1) is 11.6. The van der Waals surface area contributed by atoms with Crippen LogP contribution in [-0.2, 0) is 4.74 Å². The summed E-state index contributed by atoms with van der Waals surface area (Å²) in [6.07, 6.45) is 11.5. The molecule has 2 unspecified atom stereocenters. The topological polar surface area (TPSA) is 45.7 Å². The van der Waals surface area contributed by atoms with E-state index in [1.54, 1.807) is 0 Å². The second-order valence-electron chi connectivity index (χ2n) is 7.62. The summed E-state index contributed by atoms with van der Waals surface area (Å²) >= 11 is 1.97. The molecule has 2 aliphatic rings. The fourth-order valence-electron chi connectivity index (χ4n) is 4.05. The molecule has 0 radical (unpaired) electrons. The highest BCUT2D eigenvalue weighted by Crippen LogP contribution is 2.33. The maximum absolute atomic E-state index is 5.54. The second kappa shape index (κ2) is 9.91. The largest absolute Gasteiger partial charge is 0.381 e. The summed E-state index contributed by atoms with van der Waals surface area (Å²) in [7, 11) is 1.88. The van der Waals surface area contributed by atoms with E-state index in [9.17, 15) is 0 Å². The van der Waals surface area contributed by atoms with Crippen LogP contribution >= 0.6 is 11.8 Å². The molecular weight excluding hydrogens is 318 g/mol. The smallest absolute Gasteiger partial charge is 0.191 e. The van der Waals surface area contributed by atoms with Gasteiger partial charge in [-0.25, -0.2) is 0 Å². The summed E-state index contributed by atoms with van der Waals surface area (Å²) in [6, 6.07) is 0.458. The van der Waals surface area contributed by atoms with Crippen LogP contribution in [0.2, 0.25) is 0 Å². The van der Waals surface area contributed by atoms with E-state index in [4.69, 9.17) is 4.74 Å². The summed E-state index contributed by atoms with van der Waals surface area (Å²) in [5, 5.41) is 7.23. The first-order valence-corrected chi connectivity index (χ1v) is 10.9. The van der Waals surface area contributed by atoms with Crippen molar-refractivity contribution >= 4 is 17.7 Å². The molecule has 1 aliphatic heterocycles. The average Bonchev–Trinajstić information content (AvgIpc) is 2.65. The zero-order valence-electron chi connectivity index (χ0n) is 16.1. The molecule has 5 heteroatoms. The molecule has 2 fully saturated rings. The van der Waals surface area contributed by atoms with Gasteiger partial charge in [0.1, 0.15) is 0 Å². The van der Waals surface area contributed by atoms with Crippen molar-refractivity contribution in [2.75, 3.05) is 33.1 Å². The van der Waals surface area contributed by atoms with E-state index in [0.29, 0.717) is 12.0 Å². The molecule has 0 bridgehead atoms. The standard InChI is InChI=1S/C19H37N3OS/c1-15(17-8-6-5-7-9-17)16(2)22-18(20-3)21-14-19(24-4)10-12-23-13-11-19/h15-17H,5-14H2,1-4H3,(H2,20,21,22). The number of hydrogen-bond acceptors (Lipinski definition) is 3. The van der Waals surface area contributed by atoms with Crippen LogP contribution in [-0.4, -0.2) is 49.8 Å². The number of aliphatic imine (C=N–C) groups is 1. The van der Waals surface area contributed by atoms with E-state index in [1.807, 2.05) is 18.8 Å². The van der Waals surface area contributed by atoms with Crippen molar-refractivity contribution < 1.29 is 4.74 Å². The molecule has 2 N–H and O–H groups in total. The van der Waals surface area contributed by atoms with E-state index in [0.717, 1.165) is 44.5 Å². The normalized spacial score (nSPS) is 25.1. The molecule has 2 rings (SSSR count). The van der Waals surface area contributed by atoms with Crippen LogP contribution in [0.15, 0.2) is 4.99 Å². The monoisotopic (exact) mass is 355 g/mol. The first-order valence-electron chi connectivity index (χ1n) is 9.70. The van der Waals surface area contributed by atoms with E-state index in [2.05, 4.69) is 35.7 Å². The van der Waals surface area contributed by atoms with E-state index in [1.165, 1.54) is 32.1 Å². The van der Waals surface area contributed by atoms with Crippen molar-refractivity contribution in [3.8, 4) is 0 Å². The maximum Gasteiger partial charge on any atom is 0.191 e. The Kier molecular flexibility index (Phi) is 8.21. The van der Waals surface area contributed by atoms with Gasteiger partial charge in [0.05, 0.1) is 0 Å². The highest BCUT2D eigenvalue weighted by Gasteiger charge is 2.32. The molecule has 2 atom stereocenters. The van der Waals surface area contributed by atoms with Gasteiger partial charge in [0, 0.05) is 37.6 Å². The average molecular weight is 356 g/mol. The van der Waals surface area contributed by atoms with Gasteiger partial charge in [-0.2, -0.15) is 11.8 Å². The Labute approximate surface area is 153 Å². The number of thioether (sulfide) groups is 1. The van der Waals surface area contributed by atoms with Gasteiger partial charge in [0.15, 0.2) is 5.96 Å². The Balaban J connectivity index is 1.82. The Hall–Kier alpha value is -0.420. The fourth-order valence-corrected chi connectivity index (χ4v) is 4.84. The SMILES string of the molecule is CN=C(NCC1(SC)CCOCC1)NC(C)C(C)C1CCCCC1. The summed E-state index contributed by atoms with van der Waals surface area (Å²) in [5.74, 6) is 2.51. The summed E-state index contributed by atoms with van der Waals surface area (Å²) in [5.41, 5.74) is 0. The molecule has 1 saturated heterocycles. The van der Waals surface area contributed by atoms with Gasteiger partial charge >= 0.3 is 0 Å². The molecule has 0 aromatic heterocycles. The predicted octanol–water partition coefficient (Wildman–Crippen LogP) is 3.67. The molecule has 0 spiro atoms. The van der Waals surface area contributed by atoms with Crippen LogP contribution < -0.4 is 10.6 Å². The van der Waals surface area contributed by atoms with Crippen LogP contribution in [0.5, 0.6) is 0 Å². The molecule has 24 heavy (non-hydrogen) atoms. The molecule has 4 nitrogen and oxygen atoms in total. The fraction of sp³-hybridized carbons (Fsp3) is 0.947. The quantitative estimate of drug-likeness (QED) is 0.564. The molecule has 0 aromatic carbocycles. The number of ether oxygens (including phenoxy) is 1. The Bertz CT molecular complexity index is 390. The van der Waals surface area contributed by atoms with Gasteiger partial charge < -0.3 is 15.4 Å². The van der Waals surface area contributed by atoms with Crippen molar-refractivity contribution in [2.45, 2.75) is 69.6 Å². The molecule has 1 aliphatic carbocycles. The zero-order chi connectivity index (χ0) is 17.4. The van der Waals surface area contributed by atoms with Crippen LogP contribution in [0.25, 0.3) is 0 Å². The third-order valence-electron chi connectivity index (χ3n) is 6.19. The minimum atomic E-state index is 0.286. The molecule has 140 valence electrons. The lowest BCUT2D eigenvalue weighted by atomic mass is 9.78. The summed E-state index contributed by atoms with van der Waals surface area (Å²) in [4.78, 5) is 4.46. The van der Waals surface area contributed by atoms with Gasteiger partial charge in [-0.05, 0) is 37.9 Å². The van der Waals surface area contributed by atoms with Gasteiger partial charge in [0.2, 0.25) is 0 Å². The lowest BCUT2D eigenvalue weighted by Crippen LogP contribution is -2.51. The van der Waals surface area contributed by atoms with Crippen LogP contribution in [0, 0.1) is 11.8 Å². The summed E-state index contributed by atoms with van der Waals surface area (Å²) in [6.45, 7) is 7.43. The van der Waals surface area contributed by atoms with Crippen molar-refractivity contribution in [3.63, 3.8) is 0 Å². The molecule has 0 amide bonds. The highest BCUT2D eigenvalue weighted by atomic mass is 32.2. The van der Waals surface area contributed by atoms with Gasteiger partial charge in [-0.3, -0.25) is 4.99 Å². The predicted molar refractivity (Wildman–Crippen MR) is 106 cm³/mol. The minimum absolute atomic E-state index is 0.286. The minimum Gasteiger partial charge on any atom is -0.381 e. The van der Waals surface area contributed by atoms with E-state index < -0.39 is 0 Å². The number of rotatable bonds is 6. The number of guanidine groups is 1. The van der Waals surface area contributed by atoms with Crippen LogP contribution in [0.1, 0.15) is 58.8 Å². The van der Waals surface area contributed by atoms with Crippen molar-refractivity contribution in [1.29, 1.82) is 0 Å². The highest BCUT2D eigenvalue weighted by molar-refractivity contribution is 8.00. The molecule has 1 heterocycles. The lowest BCUT2D eigenvalue weighted by Gasteiger charge is -2.37. The zero-order valence-corrected chi connectivity index (χ0v) is 16.9. The van der Waals surface area contributed by atoms with Gasteiger partial charge in [-0.1, -0.05) is 39.0 Å². The van der Waals surface area contributed by atoms with Crippen molar-refractivity contribution in [2.24, 2.45) is 16.8 Å². The van der Waals surface area contributed by atoms with Crippen molar-refractivity contribution in [1.82, 2.24) is 10.6 Å². The third-order valence-corrected chi connectivity index (χ3v) is 7.60. The molecule has 1 saturated carbocycles. The summed E-state index contributed by atoms with van der Waals surface area (Å²) < 4.78 is 5.82. The van der Waals surface area contributed by atoms with Crippen LogP contribution in [0.3, 0.4) is 0 Å². The molecular formula is C19H37N3OS. The lowest BCUT2D eigenvalue weighted by molar-refractivity contribution is 0.0782. The maximum atomic E-state index is 5.54. The first kappa shape index (κ1) is 19.9. The van der Waals surface area contributed by atoms with Crippen molar-refractivity contribution in [3.05, 3.63) is 0 Å². The molecule has 0 aromatic rings. The number of hydrogen-bond donors (Lipinski definition) is 2. The Morgan fingerprint density at radius 1 is 1.21 bits per heavy atom. The second-order valence-corrected chi connectivity index (χ2v) is 8.89.